The summed E-state index contributed by atoms with van der Waals surface area (Å²) in [7, 11) is -3.70. The highest BCUT2D eigenvalue weighted by Crippen LogP contribution is 2.50. The van der Waals surface area contributed by atoms with Crippen molar-refractivity contribution in [2.75, 3.05) is 16.6 Å². The van der Waals surface area contributed by atoms with Crippen LogP contribution in [-0.4, -0.2) is 15.0 Å². The molecule has 6 heteroatoms. The van der Waals surface area contributed by atoms with Gasteiger partial charge in [0.1, 0.15) is 5.75 Å². The number of hydrogen-bond acceptors (Lipinski definition) is 4. The van der Waals surface area contributed by atoms with Crippen LogP contribution >= 0.6 is 0 Å². The van der Waals surface area contributed by atoms with E-state index in [1.807, 2.05) is 55.5 Å². The molecular weight excluding hydrogens is 456 g/mol. The number of nitrogens with one attached hydrogen (secondary N) is 2. The molecule has 0 saturated carbocycles. The second kappa shape index (κ2) is 9.42. The SMILES string of the molecule is CCOc1ccc([C@H]2Nc3ccc(S(=O)(=O)Nc4ccc(C(C)C)cc4)cc3[C@H]3C=CC[C@H]32)cc1. The van der Waals surface area contributed by atoms with E-state index in [1.165, 1.54) is 11.1 Å². The van der Waals surface area contributed by atoms with Gasteiger partial charge in [-0.1, -0.05) is 50.3 Å². The van der Waals surface area contributed by atoms with Crippen LogP contribution in [0.25, 0.3) is 0 Å². The smallest absolute Gasteiger partial charge is 0.261 e. The Kier molecular flexibility index (Phi) is 6.32. The zero-order valence-electron chi connectivity index (χ0n) is 20.4. The Morgan fingerprint density at radius 2 is 1.77 bits per heavy atom. The van der Waals surface area contributed by atoms with Crippen molar-refractivity contribution in [2.24, 2.45) is 5.92 Å². The van der Waals surface area contributed by atoms with Gasteiger partial charge in [-0.2, -0.15) is 0 Å². The van der Waals surface area contributed by atoms with Crippen LogP contribution in [0.5, 0.6) is 5.75 Å². The molecule has 0 saturated heterocycles. The topological polar surface area (TPSA) is 67.4 Å². The number of allylic oxidation sites excluding steroid dienone is 2. The van der Waals surface area contributed by atoms with Gasteiger partial charge in [0.2, 0.25) is 0 Å². The molecule has 0 bridgehead atoms. The first-order valence-corrected chi connectivity index (χ1v) is 13.8. The van der Waals surface area contributed by atoms with Crippen LogP contribution in [0.1, 0.15) is 61.8 Å². The predicted octanol–water partition coefficient (Wildman–Crippen LogP) is 6.84. The van der Waals surface area contributed by atoms with E-state index in [4.69, 9.17) is 4.74 Å². The van der Waals surface area contributed by atoms with Gasteiger partial charge in [0.25, 0.3) is 10.0 Å². The maximum atomic E-state index is 13.2. The normalized spacial score (nSPS) is 20.7. The Hall–Kier alpha value is -3.25. The number of anilines is 2. The lowest BCUT2D eigenvalue weighted by Crippen LogP contribution is -2.29. The zero-order chi connectivity index (χ0) is 24.6. The molecule has 5 nitrogen and oxygen atoms in total. The van der Waals surface area contributed by atoms with E-state index in [-0.39, 0.29) is 16.9 Å². The highest BCUT2D eigenvalue weighted by molar-refractivity contribution is 7.92. The number of benzene rings is 3. The Labute approximate surface area is 208 Å². The number of ether oxygens (including phenoxy) is 1. The molecule has 5 rings (SSSR count). The number of rotatable bonds is 7. The van der Waals surface area contributed by atoms with Gasteiger partial charge in [0, 0.05) is 17.3 Å². The van der Waals surface area contributed by atoms with Crippen LogP contribution in [0.4, 0.5) is 11.4 Å². The third-order valence-corrected chi connectivity index (χ3v) is 8.40. The minimum absolute atomic E-state index is 0.151. The van der Waals surface area contributed by atoms with Crippen molar-refractivity contribution in [2.45, 2.75) is 50.0 Å². The van der Waals surface area contributed by atoms with E-state index in [0.717, 1.165) is 23.4 Å². The summed E-state index contributed by atoms with van der Waals surface area (Å²) in [6.07, 6.45) is 5.39. The van der Waals surface area contributed by atoms with E-state index >= 15 is 0 Å². The molecule has 2 N–H and O–H groups in total. The largest absolute Gasteiger partial charge is 0.494 e. The van der Waals surface area contributed by atoms with Crippen molar-refractivity contribution in [1.29, 1.82) is 0 Å². The first kappa shape index (κ1) is 23.5. The van der Waals surface area contributed by atoms with Gasteiger partial charge in [-0.3, -0.25) is 4.72 Å². The van der Waals surface area contributed by atoms with Crippen molar-refractivity contribution in [3.63, 3.8) is 0 Å². The fraction of sp³-hybridized carbons (Fsp3) is 0.310. The van der Waals surface area contributed by atoms with Crippen LogP contribution in [0.15, 0.2) is 83.8 Å². The highest BCUT2D eigenvalue weighted by atomic mass is 32.2. The second-order valence-corrected chi connectivity index (χ2v) is 11.3. The van der Waals surface area contributed by atoms with E-state index < -0.39 is 10.0 Å². The number of fused-ring (bicyclic) bond motifs is 3. The third-order valence-electron chi connectivity index (χ3n) is 7.02. The van der Waals surface area contributed by atoms with Crippen molar-refractivity contribution >= 4 is 21.4 Å². The van der Waals surface area contributed by atoms with Gasteiger partial charge in [0.15, 0.2) is 0 Å². The molecule has 0 unspecified atom stereocenters. The molecule has 35 heavy (non-hydrogen) atoms. The fourth-order valence-corrected chi connectivity index (χ4v) is 6.25. The van der Waals surface area contributed by atoms with Crippen LogP contribution in [-0.2, 0) is 10.0 Å². The Balaban J connectivity index is 1.41. The molecule has 0 aromatic heterocycles. The van der Waals surface area contributed by atoms with E-state index in [1.54, 1.807) is 6.07 Å². The molecule has 182 valence electrons. The monoisotopic (exact) mass is 488 g/mol. The van der Waals surface area contributed by atoms with Gasteiger partial charge in [-0.05, 0) is 84.3 Å². The standard InChI is InChI=1S/C29H32N2O3S/c1-4-34-23-14-10-21(11-15-23)29-26-7-5-6-25(26)27-18-24(16-17-28(27)30-29)35(32,33)31-22-12-8-20(9-13-22)19(2)3/h5-6,8-19,25-26,29-31H,4,7H2,1-3H3/t25-,26+,29+/m0/s1. The molecular formula is C29H32N2O3S. The van der Waals surface area contributed by atoms with Gasteiger partial charge in [-0.25, -0.2) is 8.42 Å². The van der Waals surface area contributed by atoms with Crippen LogP contribution in [0.2, 0.25) is 0 Å². The molecule has 1 heterocycles. The third kappa shape index (κ3) is 4.67. The quantitative estimate of drug-likeness (QED) is 0.358. The first-order valence-electron chi connectivity index (χ1n) is 12.3. The molecule has 0 fully saturated rings. The lowest BCUT2D eigenvalue weighted by molar-refractivity contribution is 0.340. The Morgan fingerprint density at radius 1 is 1.03 bits per heavy atom. The second-order valence-electron chi connectivity index (χ2n) is 9.61. The summed E-state index contributed by atoms with van der Waals surface area (Å²) in [5.74, 6) is 1.76. The summed E-state index contributed by atoms with van der Waals surface area (Å²) >= 11 is 0. The fourth-order valence-electron chi connectivity index (χ4n) is 5.16. The van der Waals surface area contributed by atoms with Crippen molar-refractivity contribution in [3.05, 3.63) is 95.6 Å². The summed E-state index contributed by atoms with van der Waals surface area (Å²) in [6, 6.07) is 21.4. The molecule has 0 amide bonds. The molecule has 3 atom stereocenters. The van der Waals surface area contributed by atoms with Gasteiger partial charge < -0.3 is 10.1 Å². The van der Waals surface area contributed by atoms with E-state index in [9.17, 15) is 8.42 Å². The summed E-state index contributed by atoms with van der Waals surface area (Å²) in [5, 5.41) is 3.69. The molecule has 3 aromatic carbocycles. The van der Waals surface area contributed by atoms with Gasteiger partial charge in [0.05, 0.1) is 17.5 Å². The average molecular weight is 489 g/mol. The number of hydrogen-bond donors (Lipinski definition) is 2. The minimum Gasteiger partial charge on any atom is -0.494 e. The van der Waals surface area contributed by atoms with Crippen molar-refractivity contribution in [3.8, 4) is 5.75 Å². The van der Waals surface area contributed by atoms with Gasteiger partial charge in [-0.15, -0.1) is 0 Å². The minimum atomic E-state index is -3.70. The zero-order valence-corrected chi connectivity index (χ0v) is 21.2. The molecule has 1 aliphatic heterocycles. The maximum absolute atomic E-state index is 13.2. The lowest BCUT2D eigenvalue weighted by atomic mass is 9.77. The van der Waals surface area contributed by atoms with Crippen LogP contribution in [0.3, 0.4) is 0 Å². The molecule has 0 spiro atoms. The Bertz CT molecular complexity index is 1330. The van der Waals surface area contributed by atoms with E-state index in [2.05, 4.69) is 48.2 Å². The van der Waals surface area contributed by atoms with Crippen LogP contribution in [0, 0.1) is 5.92 Å². The summed E-state index contributed by atoms with van der Waals surface area (Å²) in [5.41, 5.74) is 4.97. The van der Waals surface area contributed by atoms with E-state index in [0.29, 0.717) is 24.1 Å². The van der Waals surface area contributed by atoms with Crippen molar-refractivity contribution in [1.82, 2.24) is 0 Å². The summed E-state index contributed by atoms with van der Waals surface area (Å²) < 4.78 is 34.8. The number of sulfonamides is 1. The maximum Gasteiger partial charge on any atom is 0.261 e. The lowest BCUT2D eigenvalue weighted by Gasteiger charge is -2.37. The highest BCUT2D eigenvalue weighted by Gasteiger charge is 2.38. The first-order chi connectivity index (χ1) is 16.9. The summed E-state index contributed by atoms with van der Waals surface area (Å²) in [4.78, 5) is 0.282. The average Bonchev–Trinajstić information content (AvgIpc) is 3.34. The Morgan fingerprint density at radius 3 is 2.46 bits per heavy atom. The van der Waals surface area contributed by atoms with Crippen LogP contribution < -0.4 is 14.8 Å². The molecule has 0 radical (unpaired) electrons. The predicted molar refractivity (Wildman–Crippen MR) is 142 cm³/mol. The van der Waals surface area contributed by atoms with Gasteiger partial charge >= 0.3 is 0 Å². The molecule has 3 aromatic rings. The summed E-state index contributed by atoms with van der Waals surface area (Å²) in [6.45, 7) is 6.86. The van der Waals surface area contributed by atoms with Crippen molar-refractivity contribution < 1.29 is 13.2 Å². The molecule has 1 aliphatic carbocycles. The molecule has 2 aliphatic rings.